The molecule has 7 heteroatoms. The van der Waals surface area contributed by atoms with Gasteiger partial charge in [-0.25, -0.2) is 9.59 Å². The van der Waals surface area contributed by atoms with Crippen molar-refractivity contribution in [3.8, 4) is 11.1 Å². The van der Waals surface area contributed by atoms with Gasteiger partial charge in [0.2, 0.25) is 0 Å². The third-order valence-corrected chi connectivity index (χ3v) is 6.22. The van der Waals surface area contributed by atoms with Crippen LogP contribution >= 0.6 is 0 Å². The number of carboxylic acids is 1. The standard InChI is InChI=1S/C23H22N2O5/c26-21(27)20-12-23(30-24-20)10-5-11-25(14-23)22(28)29-13-19-17-8-3-1-6-15(17)16-7-2-4-9-18(16)19/h1-4,6-9,19H,5,10-14H2,(H,26,27). The van der Waals surface area contributed by atoms with Crippen LogP contribution in [0.2, 0.25) is 0 Å². The number of benzene rings is 2. The summed E-state index contributed by atoms with van der Waals surface area (Å²) in [5, 5.41) is 12.9. The van der Waals surface area contributed by atoms with E-state index in [1.807, 2.05) is 24.3 Å². The first kappa shape index (κ1) is 18.7. The number of amides is 1. The van der Waals surface area contributed by atoms with Gasteiger partial charge in [0.15, 0.2) is 11.3 Å². The minimum absolute atomic E-state index is 0.00406. The van der Waals surface area contributed by atoms with E-state index in [4.69, 9.17) is 14.7 Å². The average Bonchev–Trinajstić information content (AvgIpc) is 3.32. The Bertz CT molecular complexity index is 1000. The second kappa shape index (κ2) is 7.16. The topological polar surface area (TPSA) is 88.4 Å². The molecule has 30 heavy (non-hydrogen) atoms. The molecular weight excluding hydrogens is 384 g/mol. The molecule has 0 bridgehead atoms. The van der Waals surface area contributed by atoms with Gasteiger partial charge in [0.1, 0.15) is 6.61 Å². The number of ether oxygens (including phenoxy) is 1. The van der Waals surface area contributed by atoms with Crippen LogP contribution in [-0.2, 0) is 14.4 Å². The maximum Gasteiger partial charge on any atom is 0.409 e. The van der Waals surface area contributed by atoms with Gasteiger partial charge >= 0.3 is 12.1 Å². The quantitative estimate of drug-likeness (QED) is 0.841. The van der Waals surface area contributed by atoms with Crippen molar-refractivity contribution in [3.05, 3.63) is 59.7 Å². The summed E-state index contributed by atoms with van der Waals surface area (Å²) < 4.78 is 5.73. The number of piperidine rings is 1. The van der Waals surface area contributed by atoms with E-state index in [2.05, 4.69) is 29.4 Å². The van der Waals surface area contributed by atoms with E-state index < -0.39 is 17.7 Å². The highest BCUT2D eigenvalue weighted by atomic mass is 16.7. The number of nitrogens with zero attached hydrogens (tertiary/aromatic N) is 2. The van der Waals surface area contributed by atoms with Crippen LogP contribution in [0.4, 0.5) is 4.79 Å². The van der Waals surface area contributed by atoms with E-state index in [1.165, 1.54) is 22.3 Å². The third kappa shape index (κ3) is 3.10. The van der Waals surface area contributed by atoms with Crippen molar-refractivity contribution in [3.63, 3.8) is 0 Å². The van der Waals surface area contributed by atoms with E-state index >= 15 is 0 Å². The van der Waals surface area contributed by atoms with Gasteiger partial charge in [0.25, 0.3) is 0 Å². The Morgan fingerprint density at radius 3 is 2.43 bits per heavy atom. The highest BCUT2D eigenvalue weighted by molar-refractivity contribution is 6.36. The van der Waals surface area contributed by atoms with Crippen molar-refractivity contribution >= 4 is 17.8 Å². The molecule has 1 spiro atoms. The van der Waals surface area contributed by atoms with Gasteiger partial charge in [0.05, 0.1) is 6.54 Å². The monoisotopic (exact) mass is 406 g/mol. The lowest BCUT2D eigenvalue weighted by atomic mass is 9.88. The molecule has 2 aromatic carbocycles. The molecule has 2 heterocycles. The minimum atomic E-state index is -1.08. The zero-order chi connectivity index (χ0) is 20.7. The molecule has 1 fully saturated rings. The molecule has 1 N–H and O–H groups in total. The molecule has 0 radical (unpaired) electrons. The van der Waals surface area contributed by atoms with Crippen molar-refractivity contribution in [2.75, 3.05) is 19.7 Å². The summed E-state index contributed by atoms with van der Waals surface area (Å²) in [5.41, 5.74) is 3.95. The maximum absolute atomic E-state index is 12.8. The Kier molecular flexibility index (Phi) is 4.46. The predicted molar refractivity (Wildman–Crippen MR) is 109 cm³/mol. The van der Waals surface area contributed by atoms with Gasteiger partial charge in [-0.1, -0.05) is 53.7 Å². The van der Waals surface area contributed by atoms with Crippen molar-refractivity contribution in [1.82, 2.24) is 4.90 Å². The Balaban J connectivity index is 1.27. The fourth-order valence-corrected chi connectivity index (χ4v) is 4.79. The zero-order valence-electron chi connectivity index (χ0n) is 16.4. The molecule has 1 saturated heterocycles. The fraction of sp³-hybridized carbons (Fsp3) is 0.348. The summed E-state index contributed by atoms with van der Waals surface area (Å²) in [4.78, 5) is 31.1. The lowest BCUT2D eigenvalue weighted by Crippen LogP contribution is -2.51. The molecule has 3 aliphatic rings. The highest BCUT2D eigenvalue weighted by Crippen LogP contribution is 2.44. The molecule has 5 rings (SSSR count). The molecule has 154 valence electrons. The summed E-state index contributed by atoms with van der Waals surface area (Å²) in [6.07, 6.45) is 1.19. The first-order valence-corrected chi connectivity index (χ1v) is 10.1. The van der Waals surface area contributed by atoms with Gasteiger partial charge in [0, 0.05) is 18.9 Å². The normalized spacial score (nSPS) is 22.3. The van der Waals surface area contributed by atoms with Crippen LogP contribution in [-0.4, -0.2) is 53.1 Å². The zero-order valence-corrected chi connectivity index (χ0v) is 16.4. The Morgan fingerprint density at radius 2 is 1.80 bits per heavy atom. The number of hydrogen-bond donors (Lipinski definition) is 1. The van der Waals surface area contributed by atoms with Crippen molar-refractivity contribution < 1.29 is 24.3 Å². The molecule has 7 nitrogen and oxygen atoms in total. The largest absolute Gasteiger partial charge is 0.477 e. The molecule has 1 aliphatic carbocycles. The van der Waals surface area contributed by atoms with Crippen LogP contribution in [0.15, 0.2) is 53.7 Å². The first-order chi connectivity index (χ1) is 14.6. The third-order valence-electron chi connectivity index (χ3n) is 6.22. The fourth-order valence-electron chi connectivity index (χ4n) is 4.79. The number of carboxylic acid groups (broad SMARTS) is 1. The number of carbonyl (C=O) groups excluding carboxylic acids is 1. The molecular formula is C23H22N2O5. The Hall–Kier alpha value is -3.35. The highest BCUT2D eigenvalue weighted by Gasteiger charge is 2.46. The first-order valence-electron chi connectivity index (χ1n) is 10.1. The number of hydrogen-bond acceptors (Lipinski definition) is 5. The number of rotatable bonds is 3. The summed E-state index contributed by atoms with van der Waals surface area (Å²) >= 11 is 0. The smallest absolute Gasteiger partial charge is 0.409 e. The minimum Gasteiger partial charge on any atom is -0.477 e. The SMILES string of the molecule is O=C(O)C1=NOC2(CCCN(C(=O)OCC3c4ccccc4-c4ccccc43)C2)C1. The maximum atomic E-state index is 12.8. The average molecular weight is 406 g/mol. The second-order valence-electron chi connectivity index (χ2n) is 8.12. The van der Waals surface area contributed by atoms with Gasteiger partial charge < -0.3 is 19.6 Å². The van der Waals surface area contributed by atoms with Crippen LogP contribution in [0, 0.1) is 0 Å². The summed E-state index contributed by atoms with van der Waals surface area (Å²) in [6.45, 7) is 1.10. The van der Waals surface area contributed by atoms with Gasteiger partial charge in [-0.05, 0) is 35.1 Å². The van der Waals surface area contributed by atoms with Crippen LogP contribution in [0.1, 0.15) is 36.3 Å². The number of fused-ring (bicyclic) bond motifs is 3. The van der Waals surface area contributed by atoms with E-state index in [0.717, 1.165) is 0 Å². The van der Waals surface area contributed by atoms with Crippen LogP contribution in [0.3, 0.4) is 0 Å². The van der Waals surface area contributed by atoms with E-state index in [1.54, 1.807) is 4.90 Å². The van der Waals surface area contributed by atoms with Gasteiger partial charge in [-0.15, -0.1) is 0 Å². The number of oxime groups is 1. The van der Waals surface area contributed by atoms with E-state index in [0.29, 0.717) is 19.4 Å². The number of carbonyl (C=O) groups is 2. The summed E-state index contributed by atoms with van der Waals surface area (Å²) in [5.74, 6) is -1.07. The Labute approximate surface area is 173 Å². The molecule has 1 unspecified atom stereocenters. The molecule has 2 aromatic rings. The van der Waals surface area contributed by atoms with Crippen LogP contribution in [0.25, 0.3) is 11.1 Å². The number of likely N-dealkylation sites (tertiary alicyclic amines) is 1. The van der Waals surface area contributed by atoms with E-state index in [9.17, 15) is 9.59 Å². The van der Waals surface area contributed by atoms with Gasteiger partial charge in [-0.3, -0.25) is 0 Å². The molecule has 0 aromatic heterocycles. The lowest BCUT2D eigenvalue weighted by molar-refractivity contribution is -0.129. The van der Waals surface area contributed by atoms with Crippen LogP contribution < -0.4 is 0 Å². The summed E-state index contributed by atoms with van der Waals surface area (Å²) in [7, 11) is 0. The van der Waals surface area contributed by atoms with E-state index in [-0.39, 0.29) is 31.2 Å². The Morgan fingerprint density at radius 1 is 1.13 bits per heavy atom. The lowest BCUT2D eigenvalue weighted by Gasteiger charge is -2.37. The van der Waals surface area contributed by atoms with Crippen molar-refractivity contribution in [2.45, 2.75) is 30.8 Å². The predicted octanol–water partition coefficient (Wildman–Crippen LogP) is 3.63. The van der Waals surface area contributed by atoms with Crippen LogP contribution in [0.5, 0.6) is 0 Å². The molecule has 1 amide bonds. The van der Waals surface area contributed by atoms with Crippen molar-refractivity contribution in [1.29, 1.82) is 0 Å². The van der Waals surface area contributed by atoms with Gasteiger partial charge in [-0.2, -0.15) is 0 Å². The molecule has 1 atom stereocenters. The van der Waals surface area contributed by atoms with Crippen molar-refractivity contribution in [2.24, 2.45) is 5.16 Å². The second-order valence-corrected chi connectivity index (χ2v) is 8.12. The molecule has 2 aliphatic heterocycles. The summed E-state index contributed by atoms with van der Waals surface area (Å²) in [6, 6.07) is 16.4. The number of aliphatic carboxylic acids is 1. The molecule has 0 saturated carbocycles.